The van der Waals surface area contributed by atoms with Gasteiger partial charge in [-0.25, -0.2) is 9.59 Å². The summed E-state index contributed by atoms with van der Waals surface area (Å²) in [5, 5.41) is 37.8. The third-order valence-corrected chi connectivity index (χ3v) is 3.71. The highest BCUT2D eigenvalue weighted by atomic mass is 16.5. The van der Waals surface area contributed by atoms with Crippen molar-refractivity contribution in [2.75, 3.05) is 6.61 Å². The van der Waals surface area contributed by atoms with Gasteiger partial charge in [-0.15, -0.1) is 0 Å². The number of hydrogen-bond donors (Lipinski definition) is 4. The number of hydrogen-bond acceptors (Lipinski definition) is 8. The summed E-state index contributed by atoms with van der Waals surface area (Å²) >= 11 is 0. The topological polar surface area (TPSA) is 137 Å². The lowest BCUT2D eigenvalue weighted by atomic mass is 10.1. The molecule has 26 heavy (non-hydrogen) atoms. The average molecular weight is 358 g/mol. The number of benzene rings is 2. The summed E-state index contributed by atoms with van der Waals surface area (Å²) < 4.78 is 9.99. The lowest BCUT2D eigenvalue weighted by Crippen LogP contribution is -2.17. The molecule has 0 aliphatic heterocycles. The first-order chi connectivity index (χ1) is 12.3. The van der Waals surface area contributed by atoms with Crippen LogP contribution in [-0.4, -0.2) is 33.0 Å². The van der Waals surface area contributed by atoms with E-state index < -0.39 is 23.1 Å². The van der Waals surface area contributed by atoms with E-state index >= 15 is 0 Å². The van der Waals surface area contributed by atoms with Crippen molar-refractivity contribution in [1.29, 1.82) is 0 Å². The second kappa shape index (κ2) is 6.67. The van der Waals surface area contributed by atoms with Gasteiger partial charge in [0.25, 0.3) is 0 Å². The number of carbonyl (C=O) groups excluding carboxylic acids is 1. The molecular weight excluding hydrogens is 344 g/mol. The third kappa shape index (κ3) is 3.39. The number of esters is 1. The number of phenols is 4. The molecule has 4 N–H and O–H groups in total. The van der Waals surface area contributed by atoms with Gasteiger partial charge in [-0.1, -0.05) is 6.07 Å². The van der Waals surface area contributed by atoms with E-state index in [1.807, 2.05) is 0 Å². The molecule has 0 bridgehead atoms. The number of phenolic OH excluding ortho intramolecular Hbond substituents is 4. The van der Waals surface area contributed by atoms with Crippen LogP contribution in [0.1, 0.15) is 15.9 Å². The van der Waals surface area contributed by atoms with Gasteiger partial charge < -0.3 is 29.6 Å². The zero-order chi connectivity index (χ0) is 18.8. The fraction of sp³-hybridized carbons (Fsp3) is 0.111. The number of carbonyl (C=O) groups is 1. The Morgan fingerprint density at radius 3 is 2.35 bits per heavy atom. The number of aromatic hydroxyl groups is 4. The van der Waals surface area contributed by atoms with Gasteiger partial charge in [-0.3, -0.25) is 0 Å². The van der Waals surface area contributed by atoms with Gasteiger partial charge in [0.1, 0.15) is 11.1 Å². The summed E-state index contributed by atoms with van der Waals surface area (Å²) in [5.41, 5.74) is -0.647. The van der Waals surface area contributed by atoms with Gasteiger partial charge in [0.2, 0.25) is 0 Å². The van der Waals surface area contributed by atoms with Crippen LogP contribution in [0.5, 0.6) is 23.0 Å². The van der Waals surface area contributed by atoms with Crippen LogP contribution in [0, 0.1) is 0 Å². The molecule has 3 aromatic rings. The molecule has 134 valence electrons. The Hall–Kier alpha value is -3.68. The summed E-state index contributed by atoms with van der Waals surface area (Å²) in [7, 11) is 0. The quantitative estimate of drug-likeness (QED) is 0.316. The van der Waals surface area contributed by atoms with Crippen molar-refractivity contribution in [3.05, 3.63) is 57.9 Å². The Morgan fingerprint density at radius 2 is 1.62 bits per heavy atom. The Balaban J connectivity index is 1.75. The standard InChI is InChI=1S/C18H14O8/c19-12-2-1-9(5-13(12)20)3-4-25-17(23)11-6-10-7-14(21)15(22)8-16(10)26-18(11)24/h1-2,5-8,19-22H,3-4H2. The number of fused-ring (bicyclic) bond motifs is 1. The minimum atomic E-state index is -0.935. The zero-order valence-electron chi connectivity index (χ0n) is 13.3. The van der Waals surface area contributed by atoms with Crippen molar-refractivity contribution < 1.29 is 34.4 Å². The molecule has 0 unspecified atom stereocenters. The minimum Gasteiger partial charge on any atom is -0.504 e. The fourth-order valence-corrected chi connectivity index (χ4v) is 2.35. The van der Waals surface area contributed by atoms with Crippen LogP contribution < -0.4 is 5.63 Å². The van der Waals surface area contributed by atoms with Crippen LogP contribution in [0.25, 0.3) is 11.0 Å². The van der Waals surface area contributed by atoms with E-state index in [0.29, 0.717) is 5.56 Å². The predicted octanol–water partition coefficient (Wildman–Crippen LogP) is 2.01. The van der Waals surface area contributed by atoms with Gasteiger partial charge in [0, 0.05) is 17.9 Å². The average Bonchev–Trinajstić information content (AvgIpc) is 2.59. The molecule has 0 saturated carbocycles. The smallest absolute Gasteiger partial charge is 0.351 e. The van der Waals surface area contributed by atoms with E-state index in [9.17, 15) is 30.0 Å². The van der Waals surface area contributed by atoms with Gasteiger partial charge in [0.15, 0.2) is 23.0 Å². The first kappa shape index (κ1) is 17.2. The molecule has 0 radical (unpaired) electrons. The Bertz CT molecular complexity index is 1050. The zero-order valence-corrected chi connectivity index (χ0v) is 13.3. The second-order valence-corrected chi connectivity index (χ2v) is 5.54. The molecule has 8 nitrogen and oxygen atoms in total. The van der Waals surface area contributed by atoms with E-state index in [-0.39, 0.29) is 41.1 Å². The minimum absolute atomic E-state index is 0.0152. The van der Waals surface area contributed by atoms with E-state index in [0.717, 1.165) is 12.1 Å². The second-order valence-electron chi connectivity index (χ2n) is 5.54. The van der Waals surface area contributed by atoms with Crippen molar-refractivity contribution in [3.8, 4) is 23.0 Å². The maximum absolute atomic E-state index is 12.1. The summed E-state index contributed by atoms with van der Waals surface area (Å²) in [6.07, 6.45) is 0.257. The molecule has 8 heteroatoms. The Labute approximate surface area is 146 Å². The van der Waals surface area contributed by atoms with Crippen molar-refractivity contribution >= 4 is 16.9 Å². The maximum atomic E-state index is 12.1. The molecule has 3 rings (SSSR count). The number of rotatable bonds is 4. The van der Waals surface area contributed by atoms with Crippen molar-refractivity contribution in [2.24, 2.45) is 0 Å². The third-order valence-electron chi connectivity index (χ3n) is 3.71. The maximum Gasteiger partial charge on any atom is 0.351 e. The molecule has 0 amide bonds. The molecule has 1 aromatic heterocycles. The van der Waals surface area contributed by atoms with E-state index in [4.69, 9.17) is 9.15 Å². The van der Waals surface area contributed by atoms with Crippen LogP contribution in [0.4, 0.5) is 0 Å². The van der Waals surface area contributed by atoms with Gasteiger partial charge >= 0.3 is 11.6 Å². The van der Waals surface area contributed by atoms with Crippen LogP contribution in [0.15, 0.2) is 45.6 Å². The van der Waals surface area contributed by atoms with Crippen LogP contribution in [-0.2, 0) is 11.2 Å². The lowest BCUT2D eigenvalue weighted by Gasteiger charge is -2.06. The van der Waals surface area contributed by atoms with Crippen molar-refractivity contribution in [1.82, 2.24) is 0 Å². The number of ether oxygens (including phenoxy) is 1. The molecule has 0 aliphatic rings. The predicted molar refractivity (Wildman–Crippen MR) is 89.6 cm³/mol. The highest BCUT2D eigenvalue weighted by molar-refractivity contribution is 5.93. The van der Waals surface area contributed by atoms with E-state index in [1.54, 1.807) is 6.07 Å². The Morgan fingerprint density at radius 1 is 0.923 bits per heavy atom. The highest BCUT2D eigenvalue weighted by Crippen LogP contribution is 2.30. The van der Waals surface area contributed by atoms with Crippen LogP contribution in [0.2, 0.25) is 0 Å². The SMILES string of the molecule is O=C(OCCc1ccc(O)c(O)c1)c1cc2cc(O)c(O)cc2oc1=O. The molecule has 0 saturated heterocycles. The van der Waals surface area contributed by atoms with E-state index in [2.05, 4.69) is 0 Å². The summed E-state index contributed by atoms with van der Waals surface area (Å²) in [6.45, 7) is -0.0681. The molecule has 1 heterocycles. The van der Waals surface area contributed by atoms with Crippen molar-refractivity contribution in [3.63, 3.8) is 0 Å². The molecule has 0 atom stereocenters. The monoisotopic (exact) mass is 358 g/mol. The largest absolute Gasteiger partial charge is 0.504 e. The van der Waals surface area contributed by atoms with Gasteiger partial charge in [-0.2, -0.15) is 0 Å². The first-order valence-corrected chi connectivity index (χ1v) is 7.53. The van der Waals surface area contributed by atoms with Crippen LogP contribution in [0.3, 0.4) is 0 Å². The molecule has 2 aromatic carbocycles. The normalized spacial score (nSPS) is 10.8. The molecule has 0 aliphatic carbocycles. The van der Waals surface area contributed by atoms with Crippen molar-refractivity contribution in [2.45, 2.75) is 6.42 Å². The molecule has 0 fully saturated rings. The first-order valence-electron chi connectivity index (χ1n) is 7.53. The molecule has 0 spiro atoms. The Kier molecular flexibility index (Phi) is 4.40. The molecular formula is C18H14O8. The summed E-state index contributed by atoms with van der Waals surface area (Å²) in [5.74, 6) is -2.32. The summed E-state index contributed by atoms with van der Waals surface area (Å²) in [6, 6.07) is 7.63. The lowest BCUT2D eigenvalue weighted by molar-refractivity contribution is 0.0504. The van der Waals surface area contributed by atoms with E-state index in [1.165, 1.54) is 18.2 Å². The van der Waals surface area contributed by atoms with Crippen LogP contribution >= 0.6 is 0 Å². The fourth-order valence-electron chi connectivity index (χ4n) is 2.35. The summed E-state index contributed by atoms with van der Waals surface area (Å²) in [4.78, 5) is 24.0. The van der Waals surface area contributed by atoms with Gasteiger partial charge in [0.05, 0.1) is 6.61 Å². The highest BCUT2D eigenvalue weighted by Gasteiger charge is 2.16. The van der Waals surface area contributed by atoms with Gasteiger partial charge in [-0.05, 0) is 29.8 Å².